The van der Waals surface area contributed by atoms with Crippen LogP contribution in [0.15, 0.2) is 16.5 Å². The van der Waals surface area contributed by atoms with E-state index in [-0.39, 0.29) is 18.1 Å². The molecule has 0 spiro atoms. The highest BCUT2D eigenvalue weighted by Gasteiger charge is 2.44. The van der Waals surface area contributed by atoms with E-state index in [0.29, 0.717) is 30.7 Å². The van der Waals surface area contributed by atoms with Crippen LogP contribution in [0.1, 0.15) is 32.8 Å². The van der Waals surface area contributed by atoms with Crippen LogP contribution in [0.3, 0.4) is 0 Å². The zero-order valence-electron chi connectivity index (χ0n) is 13.2. The minimum Gasteiger partial charge on any atom is -0.426 e. The molecule has 0 bridgehead atoms. The first-order valence-corrected chi connectivity index (χ1v) is 8.70. The van der Waals surface area contributed by atoms with Gasteiger partial charge in [-0.15, -0.1) is 21.5 Å². The maximum absolute atomic E-state index is 12.5. The van der Waals surface area contributed by atoms with Crippen LogP contribution >= 0.6 is 11.3 Å². The number of nitrogens with zero attached hydrogens (tertiary/aromatic N) is 3. The molecule has 3 atom stereocenters. The molecule has 6 nitrogen and oxygen atoms in total. The Balaban J connectivity index is 1.35. The molecule has 0 aliphatic carbocycles. The van der Waals surface area contributed by atoms with Crippen molar-refractivity contribution in [2.75, 3.05) is 13.1 Å². The van der Waals surface area contributed by atoms with Crippen LogP contribution in [0.4, 0.5) is 0 Å². The zero-order valence-corrected chi connectivity index (χ0v) is 14.0. The maximum atomic E-state index is 12.5. The highest BCUT2D eigenvalue weighted by atomic mass is 32.1. The average Bonchev–Trinajstić information content (AvgIpc) is 3.23. The Bertz CT molecular complexity index is 712. The standard InChI is InChI=1S/C16H19N3O3S/c1-9-3-4-14(23-9)16(20)19-7-11-5-12(22-13(11)8-19)6-15-18-17-10(2)21-15/h3-4,11-13H,5-8H2,1-2H3/t11-,12+,13+/m0/s1. The lowest BCUT2D eigenvalue weighted by Crippen LogP contribution is -2.31. The third kappa shape index (κ3) is 2.90. The molecule has 2 aromatic heterocycles. The zero-order chi connectivity index (χ0) is 16.0. The fourth-order valence-electron chi connectivity index (χ4n) is 3.48. The third-order valence-corrected chi connectivity index (χ3v) is 5.51. The van der Waals surface area contributed by atoms with Crippen LogP contribution in [-0.4, -0.2) is 46.3 Å². The van der Waals surface area contributed by atoms with Crippen LogP contribution in [0.2, 0.25) is 0 Å². The smallest absolute Gasteiger partial charge is 0.264 e. The summed E-state index contributed by atoms with van der Waals surface area (Å²) in [5.74, 6) is 1.76. The van der Waals surface area contributed by atoms with Gasteiger partial charge < -0.3 is 14.1 Å². The van der Waals surface area contributed by atoms with Crippen LogP contribution in [0.25, 0.3) is 0 Å². The lowest BCUT2D eigenvalue weighted by molar-refractivity contribution is 0.0337. The summed E-state index contributed by atoms with van der Waals surface area (Å²) in [6, 6.07) is 3.91. The second-order valence-corrected chi connectivity index (χ2v) is 7.62. The van der Waals surface area contributed by atoms with E-state index in [2.05, 4.69) is 10.2 Å². The van der Waals surface area contributed by atoms with Gasteiger partial charge in [-0.1, -0.05) is 0 Å². The molecule has 2 aliphatic rings. The average molecular weight is 333 g/mol. The Morgan fingerprint density at radius 3 is 2.87 bits per heavy atom. The number of aryl methyl sites for hydroxylation is 2. The largest absolute Gasteiger partial charge is 0.426 e. The number of likely N-dealkylation sites (tertiary alicyclic amines) is 1. The number of fused-ring (bicyclic) bond motifs is 1. The van der Waals surface area contributed by atoms with Crippen LogP contribution in [-0.2, 0) is 11.2 Å². The number of carbonyl (C=O) groups is 1. The summed E-state index contributed by atoms with van der Waals surface area (Å²) in [5, 5.41) is 7.88. The summed E-state index contributed by atoms with van der Waals surface area (Å²) in [7, 11) is 0. The predicted octanol–water partition coefficient (Wildman–Crippen LogP) is 2.22. The second kappa shape index (κ2) is 5.72. The first-order chi connectivity index (χ1) is 11.1. The number of rotatable bonds is 3. The molecule has 1 amide bonds. The molecule has 0 saturated carbocycles. The molecule has 4 rings (SSSR count). The fraction of sp³-hybridized carbons (Fsp3) is 0.562. The Hall–Kier alpha value is -1.73. The maximum Gasteiger partial charge on any atom is 0.264 e. The van der Waals surface area contributed by atoms with Crippen LogP contribution < -0.4 is 0 Å². The lowest BCUT2D eigenvalue weighted by Gasteiger charge is -2.18. The predicted molar refractivity (Wildman–Crippen MR) is 84.5 cm³/mol. The summed E-state index contributed by atoms with van der Waals surface area (Å²) in [6.45, 7) is 5.27. The van der Waals surface area contributed by atoms with E-state index in [4.69, 9.17) is 9.15 Å². The van der Waals surface area contributed by atoms with E-state index < -0.39 is 0 Å². The Labute approximate surface area is 138 Å². The quantitative estimate of drug-likeness (QED) is 0.861. The van der Waals surface area contributed by atoms with Crippen LogP contribution in [0.5, 0.6) is 0 Å². The van der Waals surface area contributed by atoms with Crippen molar-refractivity contribution in [2.45, 2.75) is 38.9 Å². The van der Waals surface area contributed by atoms with Gasteiger partial charge in [0.2, 0.25) is 11.8 Å². The fourth-order valence-corrected chi connectivity index (χ4v) is 4.32. The van der Waals surface area contributed by atoms with E-state index in [0.717, 1.165) is 17.8 Å². The minimum atomic E-state index is 0.117. The summed E-state index contributed by atoms with van der Waals surface area (Å²) < 4.78 is 11.5. The third-order valence-electron chi connectivity index (χ3n) is 4.52. The molecular formula is C16H19N3O3S. The summed E-state index contributed by atoms with van der Waals surface area (Å²) in [4.78, 5) is 16.4. The number of hydrogen-bond acceptors (Lipinski definition) is 6. The van der Waals surface area contributed by atoms with E-state index >= 15 is 0 Å². The SMILES string of the molecule is Cc1nnc(C[C@H]2C[C@H]3CN(C(=O)c4ccc(C)s4)C[C@H]3O2)o1. The number of hydrogen-bond donors (Lipinski definition) is 0. The number of ether oxygens (including phenoxy) is 1. The molecule has 2 aromatic rings. The van der Waals surface area contributed by atoms with E-state index in [1.807, 2.05) is 24.0 Å². The molecule has 7 heteroatoms. The molecule has 122 valence electrons. The van der Waals surface area contributed by atoms with E-state index in [1.54, 1.807) is 18.3 Å². The monoisotopic (exact) mass is 333 g/mol. The Morgan fingerprint density at radius 2 is 2.22 bits per heavy atom. The first kappa shape index (κ1) is 14.8. The van der Waals surface area contributed by atoms with Crippen molar-refractivity contribution in [1.82, 2.24) is 15.1 Å². The number of carbonyl (C=O) groups excluding carboxylic acids is 1. The van der Waals surface area contributed by atoms with Crippen molar-refractivity contribution in [2.24, 2.45) is 5.92 Å². The van der Waals surface area contributed by atoms with E-state index in [1.165, 1.54) is 4.88 Å². The molecule has 0 N–H and O–H groups in total. The molecule has 2 aliphatic heterocycles. The molecule has 0 unspecified atom stereocenters. The Morgan fingerprint density at radius 1 is 1.35 bits per heavy atom. The first-order valence-electron chi connectivity index (χ1n) is 7.88. The Kier molecular flexibility index (Phi) is 3.69. The molecule has 23 heavy (non-hydrogen) atoms. The molecule has 4 heterocycles. The minimum absolute atomic E-state index is 0.117. The van der Waals surface area contributed by atoms with Crippen molar-refractivity contribution < 1.29 is 13.9 Å². The summed E-state index contributed by atoms with van der Waals surface area (Å²) >= 11 is 1.56. The van der Waals surface area contributed by atoms with Gasteiger partial charge >= 0.3 is 0 Å². The summed E-state index contributed by atoms with van der Waals surface area (Å²) in [6.07, 6.45) is 1.85. The lowest BCUT2D eigenvalue weighted by atomic mass is 10.0. The molecule has 0 radical (unpaired) electrons. The van der Waals surface area contributed by atoms with Gasteiger partial charge in [0.05, 0.1) is 23.5 Å². The van der Waals surface area contributed by atoms with E-state index in [9.17, 15) is 4.79 Å². The molecule has 0 aromatic carbocycles. The van der Waals surface area contributed by atoms with Gasteiger partial charge in [-0.2, -0.15) is 0 Å². The van der Waals surface area contributed by atoms with Gasteiger partial charge in [-0.25, -0.2) is 0 Å². The van der Waals surface area contributed by atoms with Gasteiger partial charge in [-0.05, 0) is 25.5 Å². The number of aromatic nitrogens is 2. The molecule has 2 saturated heterocycles. The van der Waals surface area contributed by atoms with Crippen molar-refractivity contribution in [1.29, 1.82) is 0 Å². The van der Waals surface area contributed by atoms with Crippen molar-refractivity contribution in [3.63, 3.8) is 0 Å². The van der Waals surface area contributed by atoms with Gasteiger partial charge in [0.25, 0.3) is 5.91 Å². The summed E-state index contributed by atoms with van der Waals surface area (Å²) in [5.41, 5.74) is 0. The highest BCUT2D eigenvalue weighted by molar-refractivity contribution is 7.13. The van der Waals surface area contributed by atoms with Gasteiger partial charge in [0.1, 0.15) is 0 Å². The van der Waals surface area contributed by atoms with Crippen molar-refractivity contribution in [3.05, 3.63) is 33.7 Å². The van der Waals surface area contributed by atoms with Gasteiger partial charge in [0.15, 0.2) is 0 Å². The van der Waals surface area contributed by atoms with Gasteiger partial charge in [-0.3, -0.25) is 4.79 Å². The van der Waals surface area contributed by atoms with Crippen LogP contribution in [0, 0.1) is 19.8 Å². The molecular weight excluding hydrogens is 314 g/mol. The van der Waals surface area contributed by atoms with Crippen molar-refractivity contribution >= 4 is 17.2 Å². The van der Waals surface area contributed by atoms with Crippen molar-refractivity contribution in [3.8, 4) is 0 Å². The number of amides is 1. The van der Waals surface area contributed by atoms with Gasteiger partial charge in [0, 0.05) is 30.8 Å². The molecule has 2 fully saturated rings. The normalized spacial score (nSPS) is 26.7. The number of thiophene rings is 1. The second-order valence-electron chi connectivity index (χ2n) is 6.33. The topological polar surface area (TPSA) is 68.5 Å². The highest BCUT2D eigenvalue weighted by Crippen LogP contribution is 2.35.